The lowest BCUT2D eigenvalue weighted by Gasteiger charge is -2.28. The fourth-order valence-electron chi connectivity index (χ4n) is 3.31. The van der Waals surface area contributed by atoms with E-state index in [2.05, 4.69) is 34.6 Å². The van der Waals surface area contributed by atoms with Crippen molar-refractivity contribution in [2.75, 3.05) is 13.2 Å². The van der Waals surface area contributed by atoms with Crippen molar-refractivity contribution in [3.05, 3.63) is 42.5 Å². The lowest BCUT2D eigenvalue weighted by molar-refractivity contribution is 0.0257. The summed E-state index contributed by atoms with van der Waals surface area (Å²) in [5.41, 5.74) is 1.10. The van der Waals surface area contributed by atoms with Gasteiger partial charge in [0.05, 0.1) is 12.6 Å². The maximum Gasteiger partial charge on any atom is 0.151 e. The highest BCUT2D eigenvalue weighted by Gasteiger charge is 2.21. The van der Waals surface area contributed by atoms with Gasteiger partial charge in [-0.3, -0.25) is 4.57 Å². The van der Waals surface area contributed by atoms with Crippen LogP contribution in [0.25, 0.3) is 5.69 Å². The molecule has 0 amide bonds. The zero-order valence-corrected chi connectivity index (χ0v) is 13.8. The van der Waals surface area contributed by atoms with E-state index in [-0.39, 0.29) is 0 Å². The van der Waals surface area contributed by atoms with Crippen LogP contribution in [-0.2, 0) is 11.3 Å². The summed E-state index contributed by atoms with van der Waals surface area (Å²) in [7, 11) is 0. The predicted molar refractivity (Wildman–Crippen MR) is 90.4 cm³/mol. The molecular weight excluding hydrogens is 288 g/mol. The van der Waals surface area contributed by atoms with E-state index in [1.807, 2.05) is 22.8 Å². The molecule has 3 rings (SSSR count). The van der Waals surface area contributed by atoms with Crippen LogP contribution in [0.1, 0.15) is 38.4 Å². The largest absolute Gasteiger partial charge is 0.379 e. The number of nitrogens with one attached hydrogen (secondary N) is 1. The average molecular weight is 314 g/mol. The van der Waals surface area contributed by atoms with Gasteiger partial charge in [-0.05, 0) is 57.2 Å². The lowest BCUT2D eigenvalue weighted by atomic mass is 9.87. The molecule has 124 valence electrons. The van der Waals surface area contributed by atoms with Crippen molar-refractivity contribution < 1.29 is 4.74 Å². The minimum atomic E-state index is 0.484. The Labute approximate surface area is 138 Å². The number of nitrogens with zero attached hydrogens (tertiary/aromatic N) is 3. The molecule has 0 bridgehead atoms. The van der Waals surface area contributed by atoms with Crippen molar-refractivity contribution in [2.24, 2.45) is 5.92 Å². The van der Waals surface area contributed by atoms with E-state index in [1.165, 1.54) is 25.7 Å². The molecule has 0 aliphatic heterocycles. The van der Waals surface area contributed by atoms with Crippen molar-refractivity contribution in [3.8, 4) is 5.69 Å². The Morgan fingerprint density at radius 1 is 1.17 bits per heavy atom. The van der Waals surface area contributed by atoms with Gasteiger partial charge in [-0.2, -0.15) is 0 Å². The van der Waals surface area contributed by atoms with Crippen molar-refractivity contribution >= 4 is 0 Å². The Morgan fingerprint density at radius 3 is 2.70 bits per heavy atom. The number of para-hydroxylation sites is 1. The summed E-state index contributed by atoms with van der Waals surface area (Å²) in [5, 5.41) is 11.8. The van der Waals surface area contributed by atoms with Gasteiger partial charge in [0.1, 0.15) is 6.33 Å². The van der Waals surface area contributed by atoms with E-state index in [9.17, 15) is 0 Å². The number of hydrogen-bond donors (Lipinski definition) is 1. The highest BCUT2D eigenvalue weighted by molar-refractivity contribution is 5.31. The van der Waals surface area contributed by atoms with Crippen molar-refractivity contribution in [3.63, 3.8) is 0 Å². The topological polar surface area (TPSA) is 52.0 Å². The van der Waals surface area contributed by atoms with Gasteiger partial charge in [-0.15, -0.1) is 10.2 Å². The van der Waals surface area contributed by atoms with Gasteiger partial charge in [0, 0.05) is 12.3 Å². The molecule has 0 atom stereocenters. The number of rotatable bonds is 7. The predicted octanol–water partition coefficient (Wildman–Crippen LogP) is 2.95. The summed E-state index contributed by atoms with van der Waals surface area (Å²) >= 11 is 0. The number of aromatic nitrogens is 3. The number of hydrogen-bond acceptors (Lipinski definition) is 4. The molecule has 1 fully saturated rings. The maximum atomic E-state index is 5.72. The van der Waals surface area contributed by atoms with Crippen LogP contribution in [0.15, 0.2) is 36.7 Å². The maximum absolute atomic E-state index is 5.72. The standard InChI is InChI=1S/C18H26N4O/c1-2-23-17-10-8-15(9-11-17)12-19-13-18-21-20-14-22(18)16-6-4-3-5-7-16/h3-7,14-15,17,19H,2,8-13H2,1H3. The first-order valence-electron chi connectivity index (χ1n) is 8.63. The number of ether oxygens (including phenoxy) is 1. The first-order chi connectivity index (χ1) is 11.4. The molecule has 2 aromatic rings. The molecule has 5 nitrogen and oxygen atoms in total. The van der Waals surface area contributed by atoms with Crippen LogP contribution in [0.4, 0.5) is 0 Å². The monoisotopic (exact) mass is 314 g/mol. The molecular formula is C18H26N4O. The second-order valence-electron chi connectivity index (χ2n) is 6.18. The molecule has 1 aromatic carbocycles. The molecule has 1 aliphatic rings. The fourth-order valence-corrected chi connectivity index (χ4v) is 3.31. The van der Waals surface area contributed by atoms with E-state index in [0.29, 0.717) is 6.10 Å². The Kier molecular flexibility index (Phi) is 5.77. The first kappa shape index (κ1) is 16.1. The van der Waals surface area contributed by atoms with E-state index in [1.54, 1.807) is 6.33 Å². The van der Waals surface area contributed by atoms with Gasteiger partial charge in [0.2, 0.25) is 0 Å². The third kappa shape index (κ3) is 4.39. The van der Waals surface area contributed by atoms with E-state index in [0.717, 1.165) is 37.1 Å². The van der Waals surface area contributed by atoms with E-state index < -0.39 is 0 Å². The Bertz CT molecular complexity index is 576. The van der Waals surface area contributed by atoms with Crippen LogP contribution in [-0.4, -0.2) is 34.0 Å². The minimum absolute atomic E-state index is 0.484. The molecule has 5 heteroatoms. The van der Waals surface area contributed by atoms with Crippen LogP contribution in [0.2, 0.25) is 0 Å². The van der Waals surface area contributed by atoms with Gasteiger partial charge >= 0.3 is 0 Å². The van der Waals surface area contributed by atoms with Gasteiger partial charge in [0.25, 0.3) is 0 Å². The normalized spacial score (nSPS) is 21.4. The van der Waals surface area contributed by atoms with Crippen LogP contribution in [0.3, 0.4) is 0 Å². The Morgan fingerprint density at radius 2 is 1.96 bits per heavy atom. The molecule has 1 saturated carbocycles. The van der Waals surface area contributed by atoms with Crippen LogP contribution < -0.4 is 5.32 Å². The fraction of sp³-hybridized carbons (Fsp3) is 0.556. The third-order valence-electron chi connectivity index (χ3n) is 4.56. The second kappa shape index (κ2) is 8.22. The van der Waals surface area contributed by atoms with Crippen LogP contribution in [0.5, 0.6) is 0 Å². The Hall–Kier alpha value is -1.72. The highest BCUT2D eigenvalue weighted by atomic mass is 16.5. The molecule has 23 heavy (non-hydrogen) atoms. The van der Waals surface area contributed by atoms with E-state index >= 15 is 0 Å². The molecule has 0 radical (unpaired) electrons. The molecule has 1 heterocycles. The van der Waals surface area contributed by atoms with Gasteiger partial charge in [-0.1, -0.05) is 18.2 Å². The summed E-state index contributed by atoms with van der Waals surface area (Å²) < 4.78 is 7.76. The average Bonchev–Trinajstić information content (AvgIpc) is 3.06. The molecule has 1 aliphatic carbocycles. The zero-order chi connectivity index (χ0) is 15.9. The Balaban J connectivity index is 1.46. The number of benzene rings is 1. The van der Waals surface area contributed by atoms with Crippen LogP contribution >= 0.6 is 0 Å². The summed E-state index contributed by atoms with van der Waals surface area (Å²) in [6.07, 6.45) is 7.16. The lowest BCUT2D eigenvalue weighted by Crippen LogP contribution is -2.29. The van der Waals surface area contributed by atoms with Gasteiger partial charge < -0.3 is 10.1 Å². The molecule has 0 spiro atoms. The minimum Gasteiger partial charge on any atom is -0.379 e. The van der Waals surface area contributed by atoms with Crippen molar-refractivity contribution in [1.29, 1.82) is 0 Å². The van der Waals surface area contributed by atoms with Crippen molar-refractivity contribution in [2.45, 2.75) is 45.3 Å². The van der Waals surface area contributed by atoms with Gasteiger partial charge in [-0.25, -0.2) is 0 Å². The summed E-state index contributed by atoms with van der Waals surface area (Å²) in [4.78, 5) is 0. The molecule has 1 aromatic heterocycles. The third-order valence-corrected chi connectivity index (χ3v) is 4.56. The summed E-state index contributed by atoms with van der Waals surface area (Å²) in [6, 6.07) is 10.2. The SMILES string of the molecule is CCOC1CCC(CNCc2nncn2-c2ccccc2)CC1. The molecule has 1 N–H and O–H groups in total. The zero-order valence-electron chi connectivity index (χ0n) is 13.8. The van der Waals surface area contributed by atoms with Crippen molar-refractivity contribution in [1.82, 2.24) is 20.1 Å². The smallest absolute Gasteiger partial charge is 0.151 e. The summed E-state index contributed by atoms with van der Waals surface area (Å²) in [5.74, 6) is 1.71. The quantitative estimate of drug-likeness (QED) is 0.853. The van der Waals surface area contributed by atoms with E-state index in [4.69, 9.17) is 4.74 Å². The molecule has 0 unspecified atom stereocenters. The first-order valence-corrected chi connectivity index (χ1v) is 8.63. The highest BCUT2D eigenvalue weighted by Crippen LogP contribution is 2.25. The second-order valence-corrected chi connectivity index (χ2v) is 6.18. The summed E-state index contributed by atoms with van der Waals surface area (Å²) in [6.45, 7) is 4.71. The van der Waals surface area contributed by atoms with Crippen LogP contribution in [0, 0.1) is 5.92 Å². The van der Waals surface area contributed by atoms with Gasteiger partial charge in [0.15, 0.2) is 5.82 Å². The molecule has 0 saturated heterocycles.